The van der Waals surface area contributed by atoms with Crippen LogP contribution in [0.25, 0.3) is 0 Å². The molecule has 0 amide bonds. The van der Waals surface area contributed by atoms with Gasteiger partial charge in [0.2, 0.25) is 0 Å². The maximum atomic E-state index is 11.6. The van der Waals surface area contributed by atoms with Crippen LogP contribution in [0.5, 0.6) is 5.75 Å². The molecule has 7 heteroatoms. The van der Waals surface area contributed by atoms with Crippen LogP contribution in [0.2, 0.25) is 10.0 Å². The Morgan fingerprint density at radius 2 is 2.14 bits per heavy atom. The molecule has 0 saturated carbocycles. The summed E-state index contributed by atoms with van der Waals surface area (Å²) in [7, 11) is 0. The highest BCUT2D eigenvalue weighted by molar-refractivity contribution is 6.33. The van der Waals surface area contributed by atoms with Gasteiger partial charge in [-0.15, -0.1) is 0 Å². The summed E-state index contributed by atoms with van der Waals surface area (Å²) in [4.78, 5) is 13.6. The molecule has 3 rings (SSSR count). The van der Waals surface area contributed by atoms with Crippen molar-refractivity contribution in [1.82, 2.24) is 10.2 Å². The van der Waals surface area contributed by atoms with Crippen molar-refractivity contribution in [3.05, 3.63) is 50.9 Å². The summed E-state index contributed by atoms with van der Waals surface area (Å²) in [5.74, 6) is 0.672. The second-order valence-corrected chi connectivity index (χ2v) is 5.94. The molecule has 0 aliphatic carbocycles. The van der Waals surface area contributed by atoms with Crippen molar-refractivity contribution in [3.63, 3.8) is 0 Å². The lowest BCUT2D eigenvalue weighted by Gasteiger charge is -2.34. The molecule has 1 fully saturated rings. The molecule has 1 aromatic carbocycles. The quantitative estimate of drug-likeness (QED) is 0.933. The number of aromatic nitrogens is 2. The van der Waals surface area contributed by atoms with Gasteiger partial charge in [-0.05, 0) is 25.0 Å². The Hall–Kier alpha value is -1.72. The zero-order valence-electron chi connectivity index (χ0n) is 11.8. The molecule has 116 valence electrons. The number of aromatic amines is 1. The second kappa shape index (κ2) is 6.58. The molecule has 0 radical (unpaired) electrons. The van der Waals surface area contributed by atoms with Crippen molar-refractivity contribution in [1.29, 1.82) is 0 Å². The minimum atomic E-state index is -0.381. The van der Waals surface area contributed by atoms with Crippen LogP contribution in [0.15, 0.2) is 35.3 Å². The van der Waals surface area contributed by atoms with Crippen LogP contribution < -0.4 is 15.2 Å². The molecule has 0 spiro atoms. The minimum absolute atomic E-state index is 0.0102. The number of rotatable bonds is 3. The highest BCUT2D eigenvalue weighted by Crippen LogP contribution is 2.29. The molecule has 1 atom stereocenters. The number of anilines is 1. The molecule has 22 heavy (non-hydrogen) atoms. The predicted molar refractivity (Wildman–Crippen MR) is 87.2 cm³/mol. The van der Waals surface area contributed by atoms with Gasteiger partial charge in [0.1, 0.15) is 16.9 Å². The van der Waals surface area contributed by atoms with E-state index >= 15 is 0 Å². The monoisotopic (exact) mass is 339 g/mol. The van der Waals surface area contributed by atoms with E-state index in [1.54, 1.807) is 12.3 Å². The van der Waals surface area contributed by atoms with E-state index in [9.17, 15) is 4.79 Å². The Labute approximate surface area is 137 Å². The van der Waals surface area contributed by atoms with Crippen LogP contribution in [-0.2, 0) is 0 Å². The van der Waals surface area contributed by atoms with Crippen molar-refractivity contribution in [2.45, 2.75) is 18.9 Å². The molecular weight excluding hydrogens is 325 g/mol. The van der Waals surface area contributed by atoms with Crippen molar-refractivity contribution >= 4 is 28.9 Å². The third-order valence-corrected chi connectivity index (χ3v) is 4.30. The first-order valence-corrected chi connectivity index (χ1v) is 7.80. The highest BCUT2D eigenvalue weighted by atomic mass is 35.5. The molecule has 0 bridgehead atoms. The largest absolute Gasteiger partial charge is 0.487 e. The molecule has 1 N–H and O–H groups in total. The topological polar surface area (TPSA) is 58.2 Å². The van der Waals surface area contributed by atoms with Gasteiger partial charge in [0.15, 0.2) is 0 Å². The zero-order chi connectivity index (χ0) is 15.5. The number of nitrogens with zero attached hydrogens (tertiary/aromatic N) is 2. The van der Waals surface area contributed by atoms with Crippen molar-refractivity contribution < 1.29 is 4.74 Å². The summed E-state index contributed by atoms with van der Waals surface area (Å²) in [6.07, 6.45) is 3.43. The van der Waals surface area contributed by atoms with Crippen molar-refractivity contribution in [2.75, 3.05) is 18.0 Å². The smallest absolute Gasteiger partial charge is 0.285 e. The molecule has 1 saturated heterocycles. The summed E-state index contributed by atoms with van der Waals surface area (Å²) >= 11 is 12.2. The Morgan fingerprint density at radius 1 is 1.32 bits per heavy atom. The van der Waals surface area contributed by atoms with E-state index in [2.05, 4.69) is 10.2 Å². The van der Waals surface area contributed by atoms with Gasteiger partial charge >= 0.3 is 0 Å². The molecule has 2 aromatic rings. The molecule has 0 unspecified atom stereocenters. The number of halogens is 2. The van der Waals surface area contributed by atoms with E-state index in [1.807, 2.05) is 23.1 Å². The Balaban J connectivity index is 1.76. The molecule has 1 aromatic heterocycles. The molecule has 1 aliphatic rings. The fraction of sp³-hybridized carbons (Fsp3) is 0.333. The first-order valence-electron chi connectivity index (χ1n) is 7.04. The van der Waals surface area contributed by atoms with Gasteiger partial charge in [0.25, 0.3) is 5.56 Å². The summed E-state index contributed by atoms with van der Waals surface area (Å²) in [5, 5.41) is 6.90. The lowest BCUT2D eigenvalue weighted by Crippen LogP contribution is -2.42. The number of para-hydroxylation sites is 1. The third kappa shape index (κ3) is 3.20. The van der Waals surface area contributed by atoms with Crippen LogP contribution in [0.1, 0.15) is 12.8 Å². The van der Waals surface area contributed by atoms with Crippen LogP contribution in [0.4, 0.5) is 5.69 Å². The van der Waals surface area contributed by atoms with E-state index < -0.39 is 0 Å². The van der Waals surface area contributed by atoms with Crippen molar-refractivity contribution in [3.8, 4) is 5.75 Å². The Kier molecular flexibility index (Phi) is 4.55. The van der Waals surface area contributed by atoms with E-state index in [0.717, 1.165) is 19.4 Å². The van der Waals surface area contributed by atoms with Crippen molar-refractivity contribution in [2.24, 2.45) is 0 Å². The SMILES string of the molecule is O=c1[nH]ncc(N2CCC[C@H](Oc3ccccc3Cl)C2)c1Cl. The molecular formula is C15H15Cl2N3O2. The predicted octanol–water partition coefficient (Wildman–Crippen LogP) is 3.12. The normalized spacial score (nSPS) is 18.3. The number of benzene rings is 1. The Bertz CT molecular complexity index is 720. The van der Waals surface area contributed by atoms with E-state index in [0.29, 0.717) is 23.0 Å². The fourth-order valence-electron chi connectivity index (χ4n) is 2.57. The average Bonchev–Trinajstić information content (AvgIpc) is 2.53. The van der Waals surface area contributed by atoms with E-state index in [4.69, 9.17) is 27.9 Å². The van der Waals surface area contributed by atoms with Gasteiger partial charge in [0.05, 0.1) is 23.5 Å². The lowest BCUT2D eigenvalue weighted by atomic mass is 10.1. The second-order valence-electron chi connectivity index (χ2n) is 5.16. The van der Waals surface area contributed by atoms with Crippen LogP contribution in [0, 0.1) is 0 Å². The third-order valence-electron chi connectivity index (χ3n) is 3.63. The number of piperidine rings is 1. The fourth-order valence-corrected chi connectivity index (χ4v) is 2.96. The maximum Gasteiger partial charge on any atom is 0.285 e. The van der Waals surface area contributed by atoms with Gasteiger partial charge in [-0.1, -0.05) is 35.3 Å². The van der Waals surface area contributed by atoms with Gasteiger partial charge in [-0.25, -0.2) is 5.10 Å². The number of ether oxygens (including phenoxy) is 1. The minimum Gasteiger partial charge on any atom is -0.487 e. The zero-order valence-corrected chi connectivity index (χ0v) is 13.3. The average molecular weight is 340 g/mol. The number of hydrogen-bond acceptors (Lipinski definition) is 4. The van der Waals surface area contributed by atoms with E-state index in [-0.39, 0.29) is 16.7 Å². The number of H-pyrrole nitrogens is 1. The van der Waals surface area contributed by atoms with Gasteiger partial charge in [0, 0.05) is 6.54 Å². The summed E-state index contributed by atoms with van der Waals surface area (Å²) in [6.45, 7) is 1.45. The maximum absolute atomic E-state index is 11.6. The Morgan fingerprint density at radius 3 is 2.95 bits per heavy atom. The summed E-state index contributed by atoms with van der Waals surface area (Å²) < 4.78 is 5.98. The molecule has 2 heterocycles. The summed E-state index contributed by atoms with van der Waals surface area (Å²) in [5.41, 5.74) is 0.256. The number of hydrogen-bond donors (Lipinski definition) is 1. The highest BCUT2D eigenvalue weighted by Gasteiger charge is 2.24. The first-order chi connectivity index (χ1) is 10.6. The van der Waals surface area contributed by atoms with Crippen LogP contribution in [0.3, 0.4) is 0 Å². The molecule has 5 nitrogen and oxygen atoms in total. The van der Waals surface area contributed by atoms with Crippen LogP contribution in [-0.4, -0.2) is 29.4 Å². The first kappa shape index (κ1) is 15.2. The van der Waals surface area contributed by atoms with Gasteiger partial charge < -0.3 is 9.64 Å². The van der Waals surface area contributed by atoms with Gasteiger partial charge in [-0.3, -0.25) is 4.79 Å². The van der Waals surface area contributed by atoms with Crippen LogP contribution >= 0.6 is 23.2 Å². The van der Waals surface area contributed by atoms with E-state index in [1.165, 1.54) is 0 Å². The number of nitrogens with one attached hydrogen (secondary N) is 1. The summed E-state index contributed by atoms with van der Waals surface area (Å²) in [6, 6.07) is 7.40. The lowest BCUT2D eigenvalue weighted by molar-refractivity contribution is 0.179. The van der Waals surface area contributed by atoms with Gasteiger partial charge in [-0.2, -0.15) is 5.10 Å². The molecule has 1 aliphatic heterocycles. The standard InChI is InChI=1S/C15H15Cl2N3O2/c16-11-5-1-2-6-13(11)22-10-4-3-7-20(9-10)12-8-18-19-15(21)14(12)17/h1-2,5-6,8,10H,3-4,7,9H2,(H,19,21)/t10-/m0/s1.